The first-order valence-corrected chi connectivity index (χ1v) is 11.7. The minimum absolute atomic E-state index is 0.174. The number of benzene rings is 3. The molecule has 1 amide bonds. The highest BCUT2D eigenvalue weighted by molar-refractivity contribution is 7.99. The zero-order chi connectivity index (χ0) is 24.2. The number of fused-ring (bicyclic) bond motifs is 1. The monoisotopic (exact) mass is 488 g/mol. The van der Waals surface area contributed by atoms with Gasteiger partial charge in [0.05, 0.1) is 12.4 Å². The van der Waals surface area contributed by atoms with Gasteiger partial charge >= 0.3 is 0 Å². The molecule has 0 fully saturated rings. The van der Waals surface area contributed by atoms with E-state index in [1.165, 1.54) is 16.4 Å². The largest absolute Gasteiger partial charge is 0.538 e. The standard InChI is InChI=1S/C25H20N4O5S/c1-32-19-12-10-18(11-13-19)29-24(25(31)34-28-29)35-15-14-22(30)26-17-8-6-16(7-9-17)23-27-20-4-2-3-5-21(20)33-23/h2-13H,14-15H2,1H3,(H-,26,27,28,30,31). The average Bonchev–Trinajstić information content (AvgIpc) is 3.48. The lowest BCUT2D eigenvalue weighted by Gasteiger charge is -2.05. The Balaban J connectivity index is 1.17. The Hall–Kier alpha value is -4.31. The van der Waals surface area contributed by atoms with Crippen LogP contribution in [-0.2, 0) is 4.79 Å². The first-order valence-electron chi connectivity index (χ1n) is 10.7. The third kappa shape index (κ3) is 4.97. The fourth-order valence-electron chi connectivity index (χ4n) is 3.40. The number of amides is 1. The summed E-state index contributed by atoms with van der Waals surface area (Å²) in [5.41, 5.74) is 3.64. The van der Waals surface area contributed by atoms with Crippen LogP contribution in [0.1, 0.15) is 6.42 Å². The maximum absolute atomic E-state index is 12.4. The van der Waals surface area contributed by atoms with Crippen molar-refractivity contribution in [3.63, 3.8) is 0 Å². The van der Waals surface area contributed by atoms with Crippen LogP contribution >= 0.6 is 11.8 Å². The molecule has 176 valence electrons. The van der Waals surface area contributed by atoms with Crippen LogP contribution in [0.15, 0.2) is 86.8 Å². The molecule has 10 heteroatoms. The number of oxazole rings is 1. The summed E-state index contributed by atoms with van der Waals surface area (Å²) < 4.78 is 17.2. The van der Waals surface area contributed by atoms with Crippen molar-refractivity contribution < 1.29 is 28.3 Å². The number of anilines is 1. The van der Waals surface area contributed by atoms with Gasteiger partial charge in [0.25, 0.3) is 5.03 Å². The molecule has 5 rings (SSSR count). The number of nitrogens with one attached hydrogen (secondary N) is 1. The van der Waals surface area contributed by atoms with Crippen molar-refractivity contribution in [2.45, 2.75) is 11.4 Å². The Morgan fingerprint density at radius 2 is 1.86 bits per heavy atom. The van der Waals surface area contributed by atoms with Crippen LogP contribution in [0.2, 0.25) is 0 Å². The number of methoxy groups -OCH3 is 1. The second kappa shape index (κ2) is 9.90. The van der Waals surface area contributed by atoms with Crippen LogP contribution in [0.3, 0.4) is 0 Å². The normalized spacial score (nSPS) is 11.0. The van der Waals surface area contributed by atoms with Gasteiger partial charge < -0.3 is 24.1 Å². The quantitative estimate of drug-likeness (QED) is 0.258. The molecule has 5 aromatic rings. The van der Waals surface area contributed by atoms with Crippen molar-refractivity contribution in [3.05, 3.63) is 72.8 Å². The minimum atomic E-state index is -0.555. The molecule has 0 atom stereocenters. The molecule has 0 unspecified atom stereocenters. The lowest BCUT2D eigenvalue weighted by Crippen LogP contribution is -2.34. The average molecular weight is 489 g/mol. The van der Waals surface area contributed by atoms with Gasteiger partial charge in [-0.3, -0.25) is 4.79 Å². The van der Waals surface area contributed by atoms with Crippen molar-refractivity contribution in [1.29, 1.82) is 0 Å². The summed E-state index contributed by atoms with van der Waals surface area (Å²) in [6.45, 7) is 0. The lowest BCUT2D eigenvalue weighted by molar-refractivity contribution is -0.705. The van der Waals surface area contributed by atoms with Crippen LogP contribution in [0.4, 0.5) is 5.69 Å². The number of aromatic nitrogens is 3. The summed E-state index contributed by atoms with van der Waals surface area (Å²) >= 11 is 1.21. The Labute approximate surface area is 204 Å². The van der Waals surface area contributed by atoms with E-state index in [1.807, 2.05) is 36.4 Å². The van der Waals surface area contributed by atoms with Gasteiger partial charge in [-0.25, -0.2) is 4.98 Å². The molecule has 0 radical (unpaired) electrons. The number of carbonyl (C=O) groups excluding carboxylic acids is 1. The maximum atomic E-state index is 12.4. The molecular formula is C25H20N4O5S. The van der Waals surface area contributed by atoms with Gasteiger partial charge in [0.1, 0.15) is 11.3 Å². The first kappa shape index (κ1) is 22.5. The summed E-state index contributed by atoms with van der Waals surface area (Å²) in [4.78, 5) is 16.9. The topological polar surface area (TPSA) is 117 Å². The van der Waals surface area contributed by atoms with Crippen molar-refractivity contribution >= 4 is 34.5 Å². The van der Waals surface area contributed by atoms with E-state index in [2.05, 4.69) is 15.6 Å². The molecule has 2 heterocycles. The van der Waals surface area contributed by atoms with Gasteiger partial charge in [-0.15, -0.1) is 0 Å². The van der Waals surface area contributed by atoms with E-state index in [1.54, 1.807) is 43.5 Å². The van der Waals surface area contributed by atoms with E-state index in [4.69, 9.17) is 13.7 Å². The summed E-state index contributed by atoms with van der Waals surface area (Å²) in [7, 11) is 1.58. The van der Waals surface area contributed by atoms with Crippen molar-refractivity contribution in [2.24, 2.45) is 0 Å². The third-order valence-corrected chi connectivity index (χ3v) is 6.19. The number of hydrogen-bond donors (Lipinski definition) is 1. The molecule has 35 heavy (non-hydrogen) atoms. The van der Waals surface area contributed by atoms with Crippen LogP contribution < -0.4 is 19.8 Å². The number of carbonyl (C=O) groups is 1. The molecule has 9 nitrogen and oxygen atoms in total. The van der Waals surface area contributed by atoms with E-state index in [-0.39, 0.29) is 12.3 Å². The number of nitrogens with zero attached hydrogens (tertiary/aromatic N) is 3. The van der Waals surface area contributed by atoms with Gasteiger partial charge in [0, 0.05) is 35.6 Å². The fourth-order valence-corrected chi connectivity index (χ4v) is 4.30. The van der Waals surface area contributed by atoms with Gasteiger partial charge in [-0.1, -0.05) is 23.9 Å². The number of hydrogen-bond acceptors (Lipinski definition) is 8. The van der Waals surface area contributed by atoms with E-state index in [0.717, 1.165) is 16.7 Å². The number of rotatable bonds is 8. The first-order chi connectivity index (χ1) is 17.1. The Bertz CT molecular complexity index is 1430. The highest BCUT2D eigenvalue weighted by Crippen LogP contribution is 2.26. The number of ether oxygens (including phenoxy) is 1. The van der Waals surface area contributed by atoms with Crippen molar-refractivity contribution in [2.75, 3.05) is 18.2 Å². The van der Waals surface area contributed by atoms with Gasteiger partial charge in [-0.2, -0.15) is 0 Å². The SMILES string of the molecule is COc1ccc(-[n+]2noc([O-])c2SCCC(=O)Nc2ccc(-c3nc4ccccc4o3)cc2)cc1. The lowest BCUT2D eigenvalue weighted by atomic mass is 10.2. The molecule has 0 saturated heterocycles. The molecule has 0 aliphatic heterocycles. The molecule has 0 bridgehead atoms. The van der Waals surface area contributed by atoms with Crippen LogP contribution in [0.5, 0.6) is 11.7 Å². The zero-order valence-electron chi connectivity index (χ0n) is 18.6. The molecule has 0 saturated carbocycles. The molecule has 1 N–H and O–H groups in total. The van der Waals surface area contributed by atoms with Gasteiger partial charge in [0.15, 0.2) is 11.5 Å². The Kier molecular flexibility index (Phi) is 6.36. The summed E-state index contributed by atoms with van der Waals surface area (Å²) in [5, 5.41) is 19.1. The summed E-state index contributed by atoms with van der Waals surface area (Å²) in [6.07, 6.45) is 0.199. The van der Waals surface area contributed by atoms with Crippen LogP contribution in [-0.4, -0.2) is 29.0 Å². The van der Waals surface area contributed by atoms with Crippen molar-refractivity contribution in [3.8, 4) is 28.8 Å². The molecule has 0 spiro atoms. The van der Waals surface area contributed by atoms with Crippen LogP contribution in [0, 0.1) is 0 Å². The van der Waals surface area contributed by atoms with E-state index < -0.39 is 5.95 Å². The van der Waals surface area contributed by atoms with Crippen molar-refractivity contribution in [1.82, 2.24) is 10.3 Å². The van der Waals surface area contributed by atoms with E-state index in [0.29, 0.717) is 33.8 Å². The molecule has 0 aliphatic carbocycles. The molecular weight excluding hydrogens is 468 g/mol. The molecule has 3 aromatic carbocycles. The minimum Gasteiger partial charge on any atom is -0.538 e. The number of thioether (sulfide) groups is 1. The van der Waals surface area contributed by atoms with Gasteiger partial charge in [-0.05, 0) is 53.2 Å². The summed E-state index contributed by atoms with van der Waals surface area (Å²) in [6, 6.07) is 21.9. The second-order valence-corrected chi connectivity index (χ2v) is 8.57. The third-order valence-electron chi connectivity index (χ3n) is 5.17. The predicted octanol–water partition coefficient (Wildman–Crippen LogP) is 3.96. The van der Waals surface area contributed by atoms with E-state index >= 15 is 0 Å². The predicted molar refractivity (Wildman–Crippen MR) is 127 cm³/mol. The number of para-hydroxylation sites is 2. The van der Waals surface area contributed by atoms with Crippen LogP contribution in [0.25, 0.3) is 28.2 Å². The highest BCUT2D eigenvalue weighted by atomic mass is 32.2. The van der Waals surface area contributed by atoms with E-state index in [9.17, 15) is 9.90 Å². The summed E-state index contributed by atoms with van der Waals surface area (Å²) in [5.74, 6) is 0.855. The smallest absolute Gasteiger partial charge is 0.297 e. The molecule has 2 aromatic heterocycles. The maximum Gasteiger partial charge on any atom is 0.297 e. The fraction of sp³-hybridized carbons (Fsp3) is 0.120. The highest BCUT2D eigenvalue weighted by Gasteiger charge is 2.21. The van der Waals surface area contributed by atoms with Gasteiger partial charge in [0.2, 0.25) is 17.5 Å². The molecule has 0 aliphatic rings. The zero-order valence-corrected chi connectivity index (χ0v) is 19.5. The second-order valence-electron chi connectivity index (χ2n) is 7.49. The Morgan fingerprint density at radius 1 is 1.09 bits per heavy atom. The Morgan fingerprint density at radius 3 is 2.60 bits per heavy atom.